The quantitative estimate of drug-likeness (QED) is 0.693. The van der Waals surface area contributed by atoms with Crippen LogP contribution in [0.15, 0.2) is 30.3 Å². The van der Waals surface area contributed by atoms with Crippen LogP contribution in [0.5, 0.6) is 0 Å². The van der Waals surface area contributed by atoms with Gasteiger partial charge < -0.3 is 9.47 Å². The molecule has 0 aliphatic carbocycles. The number of Topliss-reactive ketones (excluding diaryl/α,β-unsaturated/α-hetero) is 1. The molecule has 0 saturated carbocycles. The molecule has 1 aliphatic rings. The highest BCUT2D eigenvalue weighted by molar-refractivity contribution is 5.85. The van der Waals surface area contributed by atoms with Crippen LogP contribution in [-0.2, 0) is 14.3 Å². The summed E-state index contributed by atoms with van der Waals surface area (Å²) >= 11 is 0. The molecule has 4 nitrogen and oxygen atoms in total. The summed E-state index contributed by atoms with van der Waals surface area (Å²) in [5.41, 5.74) is 0.767. The van der Waals surface area contributed by atoms with Gasteiger partial charge in [-0.3, -0.25) is 4.79 Å². The molecule has 0 aromatic heterocycles. The summed E-state index contributed by atoms with van der Waals surface area (Å²) in [5, 5.41) is 0. The van der Waals surface area contributed by atoms with Crippen LogP contribution in [0.2, 0.25) is 0 Å². The van der Waals surface area contributed by atoms with Gasteiger partial charge in [-0.15, -0.1) is 0 Å². The van der Waals surface area contributed by atoms with E-state index in [-0.39, 0.29) is 5.78 Å². The standard InChI is InChI=1S/C11H10O4/c1-7(12)9-10(15-11(13)14-9)8-5-3-2-4-6-8/h2-6,9-10H,1H3/t9-,10-/m0/s1. The first kappa shape index (κ1) is 9.71. The minimum atomic E-state index is -0.820. The van der Waals surface area contributed by atoms with E-state index in [4.69, 9.17) is 9.47 Å². The van der Waals surface area contributed by atoms with Crippen LogP contribution in [0.25, 0.3) is 0 Å². The predicted octanol–water partition coefficient (Wildman–Crippen LogP) is 1.85. The van der Waals surface area contributed by atoms with E-state index in [0.717, 1.165) is 5.56 Å². The molecular weight excluding hydrogens is 196 g/mol. The number of hydrogen-bond acceptors (Lipinski definition) is 4. The fourth-order valence-electron chi connectivity index (χ4n) is 1.54. The van der Waals surface area contributed by atoms with Gasteiger partial charge in [0.2, 0.25) is 6.10 Å². The Bertz CT molecular complexity index is 385. The number of rotatable bonds is 2. The second-order valence-corrected chi connectivity index (χ2v) is 3.35. The molecule has 0 spiro atoms. The first-order valence-corrected chi connectivity index (χ1v) is 4.61. The van der Waals surface area contributed by atoms with E-state index in [1.54, 1.807) is 12.1 Å². The topological polar surface area (TPSA) is 52.6 Å². The van der Waals surface area contributed by atoms with Crippen molar-refractivity contribution in [1.82, 2.24) is 0 Å². The molecular formula is C11H10O4. The lowest BCUT2D eigenvalue weighted by Crippen LogP contribution is -2.23. The zero-order valence-corrected chi connectivity index (χ0v) is 8.17. The monoisotopic (exact) mass is 206 g/mol. The van der Waals surface area contributed by atoms with E-state index in [2.05, 4.69) is 0 Å². The van der Waals surface area contributed by atoms with Crippen molar-refractivity contribution in [3.8, 4) is 0 Å². The van der Waals surface area contributed by atoms with Crippen molar-refractivity contribution in [2.45, 2.75) is 19.1 Å². The van der Waals surface area contributed by atoms with Crippen LogP contribution in [-0.4, -0.2) is 18.0 Å². The number of hydrogen-bond donors (Lipinski definition) is 0. The van der Waals surface area contributed by atoms with E-state index in [0.29, 0.717) is 0 Å². The number of carbonyl (C=O) groups is 2. The fraction of sp³-hybridized carbons (Fsp3) is 0.273. The van der Waals surface area contributed by atoms with Gasteiger partial charge in [0.25, 0.3) is 0 Å². The van der Waals surface area contributed by atoms with E-state index in [1.165, 1.54) is 6.92 Å². The normalized spacial score (nSPS) is 24.5. The second kappa shape index (κ2) is 3.73. The molecule has 0 unspecified atom stereocenters. The molecule has 1 aromatic rings. The van der Waals surface area contributed by atoms with Crippen LogP contribution < -0.4 is 0 Å². The molecule has 0 N–H and O–H groups in total. The maximum atomic E-state index is 11.2. The van der Waals surface area contributed by atoms with Crippen LogP contribution >= 0.6 is 0 Å². The Hall–Kier alpha value is -1.84. The van der Waals surface area contributed by atoms with Crippen LogP contribution in [0.4, 0.5) is 4.79 Å². The van der Waals surface area contributed by atoms with E-state index < -0.39 is 18.4 Å². The van der Waals surface area contributed by atoms with Gasteiger partial charge in [-0.05, 0) is 12.5 Å². The molecule has 0 radical (unpaired) electrons. The van der Waals surface area contributed by atoms with Gasteiger partial charge in [-0.2, -0.15) is 0 Å². The maximum absolute atomic E-state index is 11.2. The van der Waals surface area contributed by atoms with Gasteiger partial charge in [0.05, 0.1) is 0 Å². The van der Waals surface area contributed by atoms with Gasteiger partial charge in [0, 0.05) is 0 Å². The number of cyclic esters (lactones) is 2. The minimum absolute atomic E-state index is 0.213. The molecule has 1 fully saturated rings. The predicted molar refractivity (Wildman–Crippen MR) is 51.2 cm³/mol. The van der Waals surface area contributed by atoms with E-state index >= 15 is 0 Å². The van der Waals surface area contributed by atoms with Crippen molar-refractivity contribution in [2.24, 2.45) is 0 Å². The zero-order valence-electron chi connectivity index (χ0n) is 8.17. The second-order valence-electron chi connectivity index (χ2n) is 3.35. The molecule has 1 heterocycles. The molecule has 15 heavy (non-hydrogen) atoms. The van der Waals surface area contributed by atoms with Crippen LogP contribution in [0.3, 0.4) is 0 Å². The third-order valence-electron chi connectivity index (χ3n) is 2.25. The fourth-order valence-corrected chi connectivity index (χ4v) is 1.54. The molecule has 2 atom stereocenters. The lowest BCUT2D eigenvalue weighted by molar-refractivity contribution is -0.125. The van der Waals surface area contributed by atoms with Crippen molar-refractivity contribution in [3.05, 3.63) is 35.9 Å². The third kappa shape index (κ3) is 1.83. The Morgan fingerprint density at radius 1 is 1.20 bits per heavy atom. The average molecular weight is 206 g/mol. The smallest absolute Gasteiger partial charge is 0.422 e. The molecule has 0 bridgehead atoms. The Kier molecular flexibility index (Phi) is 2.41. The summed E-state index contributed by atoms with van der Waals surface area (Å²) in [6.45, 7) is 1.38. The highest BCUT2D eigenvalue weighted by Crippen LogP contribution is 2.30. The van der Waals surface area contributed by atoms with Crippen molar-refractivity contribution < 1.29 is 19.1 Å². The Balaban J connectivity index is 2.28. The van der Waals surface area contributed by atoms with Gasteiger partial charge in [-0.25, -0.2) is 4.79 Å². The van der Waals surface area contributed by atoms with Crippen LogP contribution in [0.1, 0.15) is 18.6 Å². The van der Waals surface area contributed by atoms with E-state index in [1.807, 2.05) is 18.2 Å². The zero-order chi connectivity index (χ0) is 10.8. The first-order valence-electron chi connectivity index (χ1n) is 4.61. The molecule has 1 aromatic carbocycles. The average Bonchev–Trinajstić information content (AvgIpc) is 2.62. The summed E-state index contributed by atoms with van der Waals surface area (Å²) in [6.07, 6.45) is -2.22. The Morgan fingerprint density at radius 2 is 1.87 bits per heavy atom. The summed E-state index contributed by atoms with van der Waals surface area (Å²) < 4.78 is 9.72. The lowest BCUT2D eigenvalue weighted by Gasteiger charge is -2.12. The Morgan fingerprint density at radius 3 is 2.47 bits per heavy atom. The molecule has 4 heteroatoms. The van der Waals surface area contributed by atoms with Gasteiger partial charge in [-0.1, -0.05) is 30.3 Å². The highest BCUT2D eigenvalue weighted by atomic mass is 16.8. The summed E-state index contributed by atoms with van der Waals surface area (Å²) in [4.78, 5) is 22.2. The third-order valence-corrected chi connectivity index (χ3v) is 2.25. The maximum Gasteiger partial charge on any atom is 0.509 e. The summed E-state index contributed by atoms with van der Waals surface area (Å²) in [7, 11) is 0. The van der Waals surface area contributed by atoms with Crippen LogP contribution in [0, 0.1) is 0 Å². The number of ketones is 1. The molecule has 1 aliphatic heterocycles. The van der Waals surface area contributed by atoms with Crippen molar-refractivity contribution in [3.63, 3.8) is 0 Å². The molecule has 0 amide bonds. The SMILES string of the molecule is CC(=O)[C@@H]1OC(=O)O[C@H]1c1ccccc1. The van der Waals surface area contributed by atoms with Crippen molar-refractivity contribution in [1.29, 1.82) is 0 Å². The molecule has 78 valence electrons. The molecule has 2 rings (SSSR count). The Labute approximate surface area is 86.8 Å². The van der Waals surface area contributed by atoms with Gasteiger partial charge >= 0.3 is 6.16 Å². The summed E-state index contributed by atoms with van der Waals surface area (Å²) in [6, 6.07) is 9.08. The van der Waals surface area contributed by atoms with Gasteiger partial charge in [0.15, 0.2) is 11.9 Å². The number of benzene rings is 1. The van der Waals surface area contributed by atoms with Gasteiger partial charge in [0.1, 0.15) is 0 Å². The molecule has 1 saturated heterocycles. The highest BCUT2D eigenvalue weighted by Gasteiger charge is 2.40. The number of carbonyl (C=O) groups excluding carboxylic acids is 2. The largest absolute Gasteiger partial charge is 0.509 e. The number of ether oxygens (including phenoxy) is 2. The summed E-state index contributed by atoms with van der Waals surface area (Å²) in [5.74, 6) is -0.213. The van der Waals surface area contributed by atoms with E-state index in [9.17, 15) is 9.59 Å². The first-order chi connectivity index (χ1) is 7.18. The van der Waals surface area contributed by atoms with Crippen molar-refractivity contribution in [2.75, 3.05) is 0 Å². The van der Waals surface area contributed by atoms with Crippen molar-refractivity contribution >= 4 is 11.9 Å². The lowest BCUT2D eigenvalue weighted by atomic mass is 10.0. The minimum Gasteiger partial charge on any atom is -0.422 e.